The summed E-state index contributed by atoms with van der Waals surface area (Å²) in [5.74, 6) is -1.07. The third kappa shape index (κ3) is 1.25. The lowest BCUT2D eigenvalue weighted by Crippen LogP contribution is -1.98. The Kier molecular flexibility index (Phi) is 2.13. The van der Waals surface area contributed by atoms with Gasteiger partial charge in [0.25, 0.3) is 0 Å². The van der Waals surface area contributed by atoms with E-state index in [1.807, 2.05) is 0 Å². The molecule has 0 amide bonds. The minimum atomic E-state index is -1.07. The van der Waals surface area contributed by atoms with Crippen molar-refractivity contribution in [3.63, 3.8) is 0 Å². The van der Waals surface area contributed by atoms with Gasteiger partial charge in [-0.05, 0) is 18.5 Å². The maximum absolute atomic E-state index is 10.8. The molecular formula is C8H5ClN2O2S. The highest BCUT2D eigenvalue weighted by Gasteiger charge is 2.15. The lowest BCUT2D eigenvalue weighted by Gasteiger charge is -1.98. The zero-order valence-electron chi connectivity index (χ0n) is 7.11. The first-order valence-electron chi connectivity index (χ1n) is 3.75. The Morgan fingerprint density at radius 2 is 2.36 bits per heavy atom. The van der Waals surface area contributed by atoms with Crippen LogP contribution < -0.4 is 0 Å². The van der Waals surface area contributed by atoms with E-state index in [2.05, 4.69) is 9.36 Å². The zero-order valence-corrected chi connectivity index (χ0v) is 8.69. The van der Waals surface area contributed by atoms with Gasteiger partial charge in [0.2, 0.25) is 0 Å². The molecule has 0 saturated heterocycles. The zero-order chi connectivity index (χ0) is 10.3. The van der Waals surface area contributed by atoms with E-state index in [1.54, 1.807) is 6.92 Å². The Bertz CT molecular complexity index is 523. The van der Waals surface area contributed by atoms with Gasteiger partial charge in [0, 0.05) is 6.20 Å². The average molecular weight is 229 g/mol. The summed E-state index contributed by atoms with van der Waals surface area (Å²) in [6.45, 7) is 1.78. The van der Waals surface area contributed by atoms with E-state index in [1.165, 1.54) is 17.7 Å². The molecule has 0 atom stereocenters. The molecular weight excluding hydrogens is 224 g/mol. The van der Waals surface area contributed by atoms with Crippen molar-refractivity contribution in [2.45, 2.75) is 6.92 Å². The van der Waals surface area contributed by atoms with Crippen LogP contribution >= 0.6 is 23.1 Å². The standard InChI is InChI=1S/C8H5ClN2O2S/c1-3-5-6(9)4(8(12)13)2-10-7(5)14-11-3/h2H,1H3,(H,12,13). The Hall–Kier alpha value is -1.20. The smallest absolute Gasteiger partial charge is 0.338 e. The molecule has 0 saturated carbocycles. The summed E-state index contributed by atoms with van der Waals surface area (Å²) in [6, 6.07) is 0. The van der Waals surface area contributed by atoms with Gasteiger partial charge in [-0.3, -0.25) is 0 Å². The van der Waals surface area contributed by atoms with Gasteiger partial charge in [-0.1, -0.05) is 11.6 Å². The summed E-state index contributed by atoms with van der Waals surface area (Å²) in [5.41, 5.74) is 0.730. The van der Waals surface area contributed by atoms with Gasteiger partial charge in [-0.15, -0.1) is 0 Å². The van der Waals surface area contributed by atoms with Crippen LogP contribution in [0.3, 0.4) is 0 Å². The summed E-state index contributed by atoms with van der Waals surface area (Å²) in [4.78, 5) is 15.4. The number of rotatable bonds is 1. The quantitative estimate of drug-likeness (QED) is 0.814. The fraction of sp³-hybridized carbons (Fsp3) is 0.125. The summed E-state index contributed by atoms with van der Waals surface area (Å²) < 4.78 is 4.06. The van der Waals surface area contributed by atoms with E-state index in [0.717, 1.165) is 0 Å². The number of nitrogens with zero attached hydrogens (tertiary/aromatic N) is 2. The molecule has 2 rings (SSSR count). The van der Waals surface area contributed by atoms with Gasteiger partial charge in [0.1, 0.15) is 4.83 Å². The highest BCUT2D eigenvalue weighted by atomic mass is 35.5. The van der Waals surface area contributed by atoms with Crippen molar-refractivity contribution in [3.8, 4) is 0 Å². The van der Waals surface area contributed by atoms with Crippen LogP contribution in [0.4, 0.5) is 0 Å². The van der Waals surface area contributed by atoms with Crippen LogP contribution in [-0.4, -0.2) is 20.4 Å². The third-order valence-electron chi connectivity index (χ3n) is 1.84. The lowest BCUT2D eigenvalue weighted by molar-refractivity contribution is 0.0697. The Morgan fingerprint density at radius 1 is 1.64 bits per heavy atom. The average Bonchev–Trinajstić information content (AvgIpc) is 2.48. The highest BCUT2D eigenvalue weighted by Crippen LogP contribution is 2.30. The van der Waals surface area contributed by atoms with Gasteiger partial charge in [-0.2, -0.15) is 4.37 Å². The molecule has 0 aliphatic heterocycles. The minimum absolute atomic E-state index is 0.0162. The Labute approximate surface area is 88.3 Å². The van der Waals surface area contributed by atoms with Gasteiger partial charge in [0.05, 0.1) is 21.7 Å². The predicted octanol–water partition coefficient (Wildman–Crippen LogP) is 2.35. The molecule has 0 aliphatic carbocycles. The van der Waals surface area contributed by atoms with Crippen LogP contribution in [0.25, 0.3) is 10.2 Å². The van der Waals surface area contributed by atoms with Crippen molar-refractivity contribution >= 4 is 39.3 Å². The number of halogens is 1. The number of carbonyl (C=O) groups is 1. The van der Waals surface area contributed by atoms with E-state index in [0.29, 0.717) is 15.9 Å². The molecule has 0 aromatic carbocycles. The van der Waals surface area contributed by atoms with E-state index < -0.39 is 5.97 Å². The summed E-state index contributed by atoms with van der Waals surface area (Å²) in [6.07, 6.45) is 1.25. The first-order valence-corrected chi connectivity index (χ1v) is 4.90. The van der Waals surface area contributed by atoms with E-state index in [9.17, 15) is 4.79 Å². The van der Waals surface area contributed by atoms with Gasteiger partial charge < -0.3 is 5.11 Å². The molecule has 2 aromatic rings. The minimum Gasteiger partial charge on any atom is -0.478 e. The van der Waals surface area contributed by atoms with Gasteiger partial charge >= 0.3 is 5.97 Å². The van der Waals surface area contributed by atoms with E-state index >= 15 is 0 Å². The van der Waals surface area contributed by atoms with E-state index in [4.69, 9.17) is 16.7 Å². The normalized spacial score (nSPS) is 10.7. The van der Waals surface area contributed by atoms with Crippen molar-refractivity contribution in [2.24, 2.45) is 0 Å². The van der Waals surface area contributed by atoms with Crippen molar-refractivity contribution < 1.29 is 9.90 Å². The van der Waals surface area contributed by atoms with Crippen LogP contribution in [0.15, 0.2) is 6.20 Å². The van der Waals surface area contributed by atoms with Crippen LogP contribution in [0.1, 0.15) is 16.1 Å². The summed E-state index contributed by atoms with van der Waals surface area (Å²) in [5, 5.41) is 9.66. The second-order valence-electron chi connectivity index (χ2n) is 2.74. The van der Waals surface area contributed by atoms with Crippen molar-refractivity contribution in [1.82, 2.24) is 9.36 Å². The Balaban J connectivity index is 2.86. The van der Waals surface area contributed by atoms with Gasteiger partial charge in [-0.25, -0.2) is 9.78 Å². The van der Waals surface area contributed by atoms with Crippen molar-refractivity contribution in [1.29, 1.82) is 0 Å². The SMILES string of the molecule is Cc1nsc2ncc(C(=O)O)c(Cl)c12. The lowest BCUT2D eigenvalue weighted by atomic mass is 10.2. The largest absolute Gasteiger partial charge is 0.478 e. The predicted molar refractivity (Wildman–Crippen MR) is 54.1 cm³/mol. The first kappa shape index (κ1) is 9.36. The fourth-order valence-electron chi connectivity index (χ4n) is 1.16. The topological polar surface area (TPSA) is 63.1 Å². The molecule has 4 nitrogen and oxygen atoms in total. The molecule has 0 radical (unpaired) electrons. The molecule has 1 N–H and O–H groups in total. The monoisotopic (exact) mass is 228 g/mol. The van der Waals surface area contributed by atoms with Crippen LogP contribution in [0, 0.1) is 6.92 Å². The number of pyridine rings is 1. The fourth-order valence-corrected chi connectivity index (χ4v) is 2.33. The second kappa shape index (κ2) is 3.18. The molecule has 2 heterocycles. The molecule has 0 spiro atoms. The Morgan fingerprint density at radius 3 is 3.00 bits per heavy atom. The number of carboxylic acids is 1. The number of hydrogen-bond donors (Lipinski definition) is 1. The second-order valence-corrected chi connectivity index (χ2v) is 3.87. The number of hydrogen-bond acceptors (Lipinski definition) is 4. The molecule has 0 bridgehead atoms. The molecule has 0 fully saturated rings. The van der Waals surface area contributed by atoms with Crippen molar-refractivity contribution in [2.75, 3.05) is 0 Å². The molecule has 72 valence electrons. The maximum atomic E-state index is 10.8. The third-order valence-corrected chi connectivity index (χ3v) is 3.08. The van der Waals surface area contributed by atoms with Crippen LogP contribution in [0.2, 0.25) is 5.02 Å². The molecule has 0 aliphatic rings. The van der Waals surface area contributed by atoms with Crippen LogP contribution in [0.5, 0.6) is 0 Å². The van der Waals surface area contributed by atoms with Gasteiger partial charge in [0.15, 0.2) is 0 Å². The summed E-state index contributed by atoms with van der Waals surface area (Å²) in [7, 11) is 0. The molecule has 0 unspecified atom stereocenters. The molecule has 14 heavy (non-hydrogen) atoms. The number of aromatic carboxylic acids is 1. The number of carboxylic acid groups (broad SMARTS) is 1. The molecule has 2 aromatic heterocycles. The summed E-state index contributed by atoms with van der Waals surface area (Å²) >= 11 is 7.14. The van der Waals surface area contributed by atoms with Crippen molar-refractivity contribution in [3.05, 3.63) is 22.5 Å². The number of aromatic nitrogens is 2. The highest BCUT2D eigenvalue weighted by molar-refractivity contribution is 7.13. The maximum Gasteiger partial charge on any atom is 0.338 e. The number of fused-ring (bicyclic) bond motifs is 1. The van der Waals surface area contributed by atoms with Crippen LogP contribution in [-0.2, 0) is 0 Å². The number of aryl methyl sites for hydroxylation is 1. The molecule has 6 heteroatoms. The first-order chi connectivity index (χ1) is 6.61. The van der Waals surface area contributed by atoms with E-state index in [-0.39, 0.29) is 10.6 Å².